The topological polar surface area (TPSA) is 220 Å². The molecule has 0 spiro atoms. The number of hydrogen-bond donors (Lipinski definition) is 7. The van der Waals surface area contributed by atoms with E-state index in [1.165, 1.54) is 24.0 Å². The number of nitrogens with zero attached hydrogens (tertiary/aromatic N) is 1. The maximum absolute atomic E-state index is 13.9. The van der Waals surface area contributed by atoms with E-state index in [0.717, 1.165) is 0 Å². The average molecular weight is 675 g/mol. The third kappa shape index (κ3) is 12.4. The van der Waals surface area contributed by atoms with Crippen LogP contribution in [0.2, 0.25) is 0 Å². The fourth-order valence-corrected chi connectivity index (χ4v) is 5.75. The van der Waals surface area contributed by atoms with E-state index in [9.17, 15) is 39.0 Å². The van der Waals surface area contributed by atoms with Crippen LogP contribution >= 0.6 is 0 Å². The van der Waals surface area contributed by atoms with Gasteiger partial charge < -0.3 is 42.1 Å². The summed E-state index contributed by atoms with van der Waals surface area (Å²) >= 11 is 0. The van der Waals surface area contributed by atoms with E-state index in [4.69, 9.17) is 5.73 Å². The number of unbranched alkanes of at least 4 members (excludes halogenated alkanes) is 1. The molecule has 0 unspecified atom stereocenters. The third-order valence-electron chi connectivity index (χ3n) is 8.59. The average Bonchev–Trinajstić information content (AvgIpc) is 3.52. The van der Waals surface area contributed by atoms with Crippen LogP contribution in [-0.2, 0) is 35.2 Å². The molecule has 1 fully saturated rings. The maximum Gasteiger partial charge on any atom is 0.326 e. The summed E-state index contributed by atoms with van der Waals surface area (Å²) in [5.41, 5.74) is 6.22. The molecule has 1 heterocycles. The van der Waals surface area contributed by atoms with Crippen molar-refractivity contribution in [3.05, 3.63) is 29.8 Å². The fraction of sp³-hybridized carbons (Fsp3) is 0.647. The number of likely N-dealkylation sites (tertiary alicyclic amines) is 1. The standard InChI is InChI=1S/C34H54N6O8/c1-6-21(4)29(32(45)38-27(34(47)48)18-20(2)3)39-30(43)26(19-23-12-14-24(42)15-13-23)37-31(44)28-11-9-17-40(28)33(46)25(36-22(5)41)10-7-8-16-35/h12-15,20-21,25-29,42H,6-11,16-19,35H2,1-5H3,(H,36,41)(H,37,44)(H,38,45)(H,39,43)(H,47,48)/t21-,25+,26+,27+,28+,29+/m1/s1. The van der Waals surface area contributed by atoms with Crippen molar-refractivity contribution in [3.63, 3.8) is 0 Å². The van der Waals surface area contributed by atoms with Crippen LogP contribution in [0.25, 0.3) is 0 Å². The minimum atomic E-state index is -1.18. The highest BCUT2D eigenvalue weighted by atomic mass is 16.4. The number of aromatic hydroxyl groups is 1. The summed E-state index contributed by atoms with van der Waals surface area (Å²) in [5, 5.41) is 30.2. The van der Waals surface area contributed by atoms with Gasteiger partial charge in [0.25, 0.3) is 0 Å². The maximum atomic E-state index is 13.9. The number of rotatable bonds is 19. The van der Waals surface area contributed by atoms with E-state index >= 15 is 0 Å². The lowest BCUT2D eigenvalue weighted by Crippen LogP contribution is -2.60. The molecule has 8 N–H and O–H groups in total. The van der Waals surface area contributed by atoms with Crippen LogP contribution in [-0.4, -0.2) is 93.9 Å². The highest BCUT2D eigenvalue weighted by Crippen LogP contribution is 2.21. The molecule has 0 radical (unpaired) electrons. The Bertz CT molecular complexity index is 1260. The Morgan fingerprint density at radius 2 is 1.58 bits per heavy atom. The minimum Gasteiger partial charge on any atom is -0.508 e. The summed E-state index contributed by atoms with van der Waals surface area (Å²) in [6.45, 7) is 9.35. The Labute approximate surface area is 283 Å². The van der Waals surface area contributed by atoms with Gasteiger partial charge in [-0.05, 0) is 74.6 Å². The molecule has 1 aromatic rings. The molecular weight excluding hydrogens is 620 g/mol. The number of phenols is 1. The lowest BCUT2D eigenvalue weighted by atomic mass is 9.96. The van der Waals surface area contributed by atoms with Crippen molar-refractivity contribution < 1.29 is 39.0 Å². The molecule has 14 nitrogen and oxygen atoms in total. The summed E-state index contributed by atoms with van der Waals surface area (Å²) < 4.78 is 0. The lowest BCUT2D eigenvalue weighted by molar-refractivity contribution is -0.143. The molecular formula is C34H54N6O8. The van der Waals surface area contributed by atoms with Crippen LogP contribution in [0, 0.1) is 11.8 Å². The Hall–Kier alpha value is -4.20. The van der Waals surface area contributed by atoms with Gasteiger partial charge >= 0.3 is 5.97 Å². The monoisotopic (exact) mass is 674 g/mol. The quantitative estimate of drug-likeness (QED) is 0.105. The molecule has 1 aliphatic heterocycles. The van der Waals surface area contributed by atoms with Gasteiger partial charge in [0.2, 0.25) is 29.5 Å². The molecule has 14 heteroatoms. The summed E-state index contributed by atoms with van der Waals surface area (Å²) in [5.74, 6) is -4.17. The number of benzene rings is 1. The van der Waals surface area contributed by atoms with Crippen LogP contribution in [0.4, 0.5) is 0 Å². The molecule has 0 bridgehead atoms. The van der Waals surface area contributed by atoms with Crippen molar-refractivity contribution in [1.29, 1.82) is 0 Å². The number of carbonyl (C=O) groups excluding carboxylic acids is 5. The molecule has 48 heavy (non-hydrogen) atoms. The predicted molar refractivity (Wildman–Crippen MR) is 179 cm³/mol. The fourth-order valence-electron chi connectivity index (χ4n) is 5.75. The van der Waals surface area contributed by atoms with Crippen molar-refractivity contribution >= 4 is 35.5 Å². The van der Waals surface area contributed by atoms with Gasteiger partial charge in [0.05, 0.1) is 0 Å². The second-order valence-corrected chi connectivity index (χ2v) is 13.1. The zero-order valence-corrected chi connectivity index (χ0v) is 28.8. The first-order valence-electron chi connectivity index (χ1n) is 16.9. The first-order chi connectivity index (χ1) is 22.7. The van der Waals surface area contributed by atoms with Gasteiger partial charge in [-0.2, -0.15) is 0 Å². The highest BCUT2D eigenvalue weighted by molar-refractivity contribution is 5.96. The van der Waals surface area contributed by atoms with Crippen molar-refractivity contribution in [3.8, 4) is 5.75 Å². The van der Waals surface area contributed by atoms with Gasteiger partial charge in [-0.1, -0.05) is 46.2 Å². The van der Waals surface area contributed by atoms with Gasteiger partial charge in [0.15, 0.2) is 0 Å². The smallest absolute Gasteiger partial charge is 0.326 e. The molecule has 6 atom stereocenters. The van der Waals surface area contributed by atoms with Crippen LogP contribution in [0.15, 0.2) is 24.3 Å². The molecule has 5 amide bonds. The van der Waals surface area contributed by atoms with E-state index in [1.54, 1.807) is 19.1 Å². The number of aliphatic carboxylic acids is 1. The molecule has 268 valence electrons. The second kappa shape index (κ2) is 19.6. The lowest BCUT2D eigenvalue weighted by Gasteiger charge is -2.31. The largest absolute Gasteiger partial charge is 0.508 e. The van der Waals surface area contributed by atoms with E-state index in [1.807, 2.05) is 20.8 Å². The SMILES string of the molecule is CC[C@@H](C)[C@H](NC(=O)[C@H](Cc1ccc(O)cc1)NC(=O)[C@@H]1CCCN1C(=O)[C@H](CCCCN)NC(C)=O)C(=O)N[C@@H](CC(C)C)C(=O)O. The molecule has 0 saturated carbocycles. The molecule has 1 saturated heterocycles. The van der Waals surface area contributed by atoms with Gasteiger partial charge in [-0.25, -0.2) is 4.79 Å². The molecule has 2 rings (SSSR count). The van der Waals surface area contributed by atoms with Crippen LogP contribution < -0.4 is 27.0 Å². The van der Waals surface area contributed by atoms with E-state index in [-0.39, 0.29) is 42.2 Å². The van der Waals surface area contributed by atoms with Crippen LogP contribution in [0.1, 0.15) is 85.1 Å². The zero-order valence-electron chi connectivity index (χ0n) is 28.8. The van der Waals surface area contributed by atoms with Gasteiger partial charge in [-0.15, -0.1) is 0 Å². The van der Waals surface area contributed by atoms with Crippen LogP contribution in [0.5, 0.6) is 5.75 Å². The molecule has 0 aromatic heterocycles. The zero-order chi connectivity index (χ0) is 36.0. The summed E-state index contributed by atoms with van der Waals surface area (Å²) in [4.78, 5) is 79.8. The van der Waals surface area contributed by atoms with E-state index in [0.29, 0.717) is 57.2 Å². The Balaban J connectivity index is 2.33. The minimum absolute atomic E-state index is 0.00515. The number of nitrogens with one attached hydrogen (secondary N) is 4. The van der Waals surface area contributed by atoms with Crippen molar-refractivity contribution in [1.82, 2.24) is 26.2 Å². The summed E-state index contributed by atoms with van der Waals surface area (Å²) in [6.07, 6.45) is 3.26. The Kier molecular flexibility index (Phi) is 16.3. The first-order valence-corrected chi connectivity index (χ1v) is 16.9. The predicted octanol–water partition coefficient (Wildman–Crippen LogP) is 1.19. The number of phenolic OH excluding ortho intramolecular Hbond substituents is 1. The van der Waals surface area contributed by atoms with Crippen molar-refractivity contribution in [2.75, 3.05) is 13.1 Å². The number of amides is 5. The Morgan fingerprint density at radius 3 is 2.15 bits per heavy atom. The highest BCUT2D eigenvalue weighted by Gasteiger charge is 2.39. The number of carboxylic acid groups (broad SMARTS) is 1. The van der Waals surface area contributed by atoms with Crippen molar-refractivity contribution in [2.45, 2.75) is 116 Å². The van der Waals surface area contributed by atoms with Gasteiger partial charge in [0.1, 0.15) is 36.0 Å². The summed E-state index contributed by atoms with van der Waals surface area (Å²) in [7, 11) is 0. The molecule has 0 aliphatic carbocycles. The molecule has 1 aromatic carbocycles. The number of carboxylic acids is 1. The second-order valence-electron chi connectivity index (χ2n) is 13.1. The van der Waals surface area contributed by atoms with Crippen molar-refractivity contribution in [2.24, 2.45) is 17.6 Å². The molecule has 1 aliphatic rings. The first kappa shape index (κ1) is 40.0. The number of carbonyl (C=O) groups is 6. The normalized spacial score (nSPS) is 17.5. The van der Waals surface area contributed by atoms with E-state index < -0.39 is 53.9 Å². The van der Waals surface area contributed by atoms with Gasteiger partial charge in [0, 0.05) is 19.9 Å². The van der Waals surface area contributed by atoms with E-state index in [2.05, 4.69) is 21.3 Å². The number of hydrogen-bond acceptors (Lipinski definition) is 8. The van der Waals surface area contributed by atoms with Crippen LogP contribution in [0.3, 0.4) is 0 Å². The number of nitrogens with two attached hydrogens (primary N) is 1. The van der Waals surface area contributed by atoms with Gasteiger partial charge in [-0.3, -0.25) is 24.0 Å². The summed E-state index contributed by atoms with van der Waals surface area (Å²) in [6, 6.07) is 0.990. The third-order valence-corrected chi connectivity index (χ3v) is 8.59. The Morgan fingerprint density at radius 1 is 0.917 bits per heavy atom.